The molecule has 0 fully saturated rings. The summed E-state index contributed by atoms with van der Waals surface area (Å²) < 4.78 is 86.9. The van der Waals surface area contributed by atoms with Gasteiger partial charge in [0, 0.05) is 11.1 Å². The van der Waals surface area contributed by atoms with Crippen molar-refractivity contribution in [1.29, 1.82) is 0 Å². The van der Waals surface area contributed by atoms with Crippen LogP contribution in [0.15, 0.2) is 0 Å². The summed E-state index contributed by atoms with van der Waals surface area (Å²) in [4.78, 5) is 0. The third-order valence-corrected chi connectivity index (χ3v) is 3.89. The smallest absolute Gasteiger partial charge is 0.170 e. The molecule has 0 atom stereocenters. The minimum absolute atomic E-state index is 0.756. The summed E-state index contributed by atoms with van der Waals surface area (Å²) in [6.07, 6.45) is 0. The lowest BCUT2D eigenvalue weighted by atomic mass is 9.81. The fraction of sp³-hybridized carbons (Fsp3) is 0.444. The number of benzene rings is 2. The van der Waals surface area contributed by atoms with Gasteiger partial charge in [-0.25, -0.2) is 26.3 Å². The van der Waals surface area contributed by atoms with E-state index in [1.165, 1.54) is 41.5 Å². The van der Waals surface area contributed by atoms with Crippen LogP contribution < -0.4 is 0 Å². The van der Waals surface area contributed by atoms with Crippen LogP contribution in [0.1, 0.15) is 52.7 Å². The molecule has 132 valence electrons. The molecule has 0 heterocycles. The molecule has 2 aromatic carbocycles. The summed E-state index contributed by atoms with van der Waals surface area (Å²) in [6, 6.07) is 0. The van der Waals surface area contributed by atoms with Crippen molar-refractivity contribution in [2.45, 2.75) is 52.4 Å². The molecule has 6 heteroatoms. The molecule has 0 unspecified atom stereocenters. The fourth-order valence-electron chi connectivity index (χ4n) is 2.83. The Hall–Kier alpha value is -1.72. The van der Waals surface area contributed by atoms with E-state index < -0.39 is 67.6 Å². The Kier molecular flexibility index (Phi) is 4.18. The average Bonchev–Trinajstić information content (AvgIpc) is 2.37. The lowest BCUT2D eigenvalue weighted by Crippen LogP contribution is -2.22. The number of hydrogen-bond acceptors (Lipinski definition) is 0. The monoisotopic (exact) mass is 348 g/mol. The van der Waals surface area contributed by atoms with Gasteiger partial charge >= 0.3 is 0 Å². The maximum absolute atomic E-state index is 14.7. The van der Waals surface area contributed by atoms with Crippen LogP contribution in [0.2, 0.25) is 0 Å². The Bertz CT molecular complexity index is 767. The third-order valence-electron chi connectivity index (χ3n) is 3.89. The van der Waals surface area contributed by atoms with Crippen LogP contribution in [0.5, 0.6) is 0 Å². The Labute approximate surface area is 136 Å². The molecule has 0 nitrogen and oxygen atoms in total. The van der Waals surface area contributed by atoms with E-state index >= 15 is 0 Å². The van der Waals surface area contributed by atoms with Gasteiger partial charge in [-0.05, 0) is 10.8 Å². The number of rotatable bonds is 0. The zero-order valence-corrected chi connectivity index (χ0v) is 14.3. The Morgan fingerprint density at radius 3 is 0.875 bits per heavy atom. The van der Waals surface area contributed by atoms with E-state index in [2.05, 4.69) is 0 Å². The van der Waals surface area contributed by atoms with Gasteiger partial charge in [0.2, 0.25) is 0 Å². The first kappa shape index (κ1) is 18.6. The molecule has 0 bridgehead atoms. The summed E-state index contributed by atoms with van der Waals surface area (Å²) in [6.45, 7) is 8.30. The highest BCUT2D eigenvalue weighted by Crippen LogP contribution is 2.41. The van der Waals surface area contributed by atoms with E-state index in [1.54, 1.807) is 0 Å². The first-order valence-corrected chi connectivity index (χ1v) is 7.38. The summed E-state index contributed by atoms with van der Waals surface area (Å²) in [5.74, 6) is -9.63. The normalized spacial score (nSPS) is 13.0. The summed E-state index contributed by atoms with van der Waals surface area (Å²) in [7, 11) is 0. The molecule has 0 saturated carbocycles. The number of hydrogen-bond donors (Lipinski definition) is 0. The molecule has 2 aromatic rings. The van der Waals surface area contributed by atoms with Crippen molar-refractivity contribution in [3.05, 3.63) is 46.0 Å². The van der Waals surface area contributed by atoms with Crippen molar-refractivity contribution < 1.29 is 26.3 Å². The molecule has 0 N–H and O–H groups in total. The van der Waals surface area contributed by atoms with Gasteiger partial charge in [-0.2, -0.15) is 0 Å². The molecule has 0 aliphatic carbocycles. The number of fused-ring (bicyclic) bond motifs is 1. The lowest BCUT2D eigenvalue weighted by Gasteiger charge is -2.25. The average molecular weight is 348 g/mol. The van der Waals surface area contributed by atoms with Gasteiger partial charge in [0.05, 0.1) is 10.8 Å². The highest BCUT2D eigenvalue weighted by atomic mass is 19.2. The topological polar surface area (TPSA) is 0 Å². The molecule has 0 amide bonds. The third kappa shape index (κ3) is 2.56. The SMILES string of the molecule is CC(C)(C)c1c(F)c(F)c2c(F)c(C(C)(C)C)c(F)c(F)c2c1F. The van der Waals surface area contributed by atoms with Crippen LogP contribution in [0.4, 0.5) is 26.3 Å². The minimum atomic E-state index is -1.72. The molecule has 0 aliphatic rings. The van der Waals surface area contributed by atoms with E-state index in [9.17, 15) is 26.3 Å². The molecule has 0 saturated heterocycles. The molecule has 0 aromatic heterocycles. The predicted octanol–water partition coefficient (Wildman–Crippen LogP) is 6.27. The van der Waals surface area contributed by atoms with Crippen LogP contribution in [-0.4, -0.2) is 0 Å². The van der Waals surface area contributed by atoms with E-state index in [-0.39, 0.29) is 0 Å². The molecule has 0 aliphatic heterocycles. The van der Waals surface area contributed by atoms with E-state index in [1.807, 2.05) is 0 Å². The van der Waals surface area contributed by atoms with Gasteiger partial charge in [-0.3, -0.25) is 0 Å². The van der Waals surface area contributed by atoms with Gasteiger partial charge in [0.1, 0.15) is 11.6 Å². The maximum Gasteiger partial charge on any atom is 0.170 e. The second kappa shape index (κ2) is 5.39. The molecule has 24 heavy (non-hydrogen) atoms. The standard InChI is InChI=1S/C18H18F6/c1-17(2,3)9-11(19)7-8(13(21)15(9)23)12(20)10(18(4,5)6)16(24)14(7)22/h1-6H3. The van der Waals surface area contributed by atoms with Crippen LogP contribution in [0.25, 0.3) is 10.8 Å². The highest BCUT2D eigenvalue weighted by molar-refractivity contribution is 5.87. The van der Waals surface area contributed by atoms with E-state index in [0.717, 1.165) is 0 Å². The van der Waals surface area contributed by atoms with E-state index in [4.69, 9.17) is 0 Å². The van der Waals surface area contributed by atoms with Gasteiger partial charge in [-0.15, -0.1) is 0 Å². The van der Waals surface area contributed by atoms with Gasteiger partial charge in [-0.1, -0.05) is 41.5 Å². The molecule has 0 radical (unpaired) electrons. The van der Waals surface area contributed by atoms with Crippen LogP contribution in [0.3, 0.4) is 0 Å². The fourth-order valence-corrected chi connectivity index (χ4v) is 2.83. The Balaban J connectivity index is 3.20. The zero-order valence-electron chi connectivity index (χ0n) is 14.3. The van der Waals surface area contributed by atoms with Crippen molar-refractivity contribution in [2.24, 2.45) is 0 Å². The van der Waals surface area contributed by atoms with Crippen LogP contribution >= 0.6 is 0 Å². The van der Waals surface area contributed by atoms with Gasteiger partial charge in [0.25, 0.3) is 0 Å². The van der Waals surface area contributed by atoms with Crippen LogP contribution in [0, 0.1) is 34.9 Å². The summed E-state index contributed by atoms with van der Waals surface area (Å²) >= 11 is 0. The maximum atomic E-state index is 14.7. The van der Waals surface area contributed by atoms with Gasteiger partial charge in [0.15, 0.2) is 23.3 Å². The highest BCUT2D eigenvalue weighted by Gasteiger charge is 2.36. The first-order valence-electron chi connectivity index (χ1n) is 7.38. The van der Waals surface area contributed by atoms with Gasteiger partial charge < -0.3 is 0 Å². The molecule has 0 spiro atoms. The van der Waals surface area contributed by atoms with E-state index in [0.29, 0.717) is 0 Å². The van der Waals surface area contributed by atoms with Crippen LogP contribution in [-0.2, 0) is 10.8 Å². The van der Waals surface area contributed by atoms with Crippen molar-refractivity contribution in [2.75, 3.05) is 0 Å². The largest absolute Gasteiger partial charge is 0.206 e. The molecular formula is C18H18F6. The second-order valence-corrected chi connectivity index (χ2v) is 7.88. The summed E-state index contributed by atoms with van der Waals surface area (Å²) in [5.41, 5.74) is -3.97. The van der Waals surface area contributed by atoms with Crippen molar-refractivity contribution in [1.82, 2.24) is 0 Å². The Morgan fingerprint density at radius 1 is 0.417 bits per heavy atom. The quantitative estimate of drug-likeness (QED) is 0.389. The van der Waals surface area contributed by atoms with Crippen molar-refractivity contribution in [3.63, 3.8) is 0 Å². The Morgan fingerprint density at radius 2 is 0.667 bits per heavy atom. The minimum Gasteiger partial charge on any atom is -0.206 e. The van der Waals surface area contributed by atoms with Crippen molar-refractivity contribution in [3.8, 4) is 0 Å². The zero-order chi connectivity index (χ0) is 18.8. The first-order chi connectivity index (χ1) is 10.7. The summed E-state index contributed by atoms with van der Waals surface area (Å²) in [5, 5.41) is -2.41. The lowest BCUT2D eigenvalue weighted by molar-refractivity contribution is 0.423. The molecular weight excluding hydrogens is 330 g/mol. The predicted molar refractivity (Wildman–Crippen MR) is 81.1 cm³/mol. The van der Waals surface area contributed by atoms with Crippen molar-refractivity contribution >= 4 is 10.8 Å². The second-order valence-electron chi connectivity index (χ2n) is 7.88. The molecule has 2 rings (SSSR count). The number of halogens is 6.